The first-order chi connectivity index (χ1) is 4.09. The molecule has 0 aliphatic rings. The lowest BCUT2D eigenvalue weighted by molar-refractivity contribution is -0.142. The molecule has 1 amide bonds. The molecule has 0 heterocycles. The van der Waals surface area contributed by atoms with Gasteiger partial charge in [0, 0.05) is 0 Å². The summed E-state index contributed by atoms with van der Waals surface area (Å²) in [7, 11) is 1.13. The molecule has 4 nitrogen and oxygen atoms in total. The van der Waals surface area contributed by atoms with E-state index in [2.05, 4.69) is 10.5 Å². The highest BCUT2D eigenvalue weighted by molar-refractivity contribution is 6.40. The standard InChI is InChI=1S/C4H6ClNO3/c1-9-4(8)2(5)3(6)7/h2H,1H3,(H2,6,7). The molecule has 0 saturated carbocycles. The van der Waals surface area contributed by atoms with Gasteiger partial charge >= 0.3 is 5.97 Å². The fraction of sp³-hybridized carbons (Fsp3) is 0.500. The highest BCUT2D eigenvalue weighted by Crippen LogP contribution is 1.95. The Bertz CT molecular complexity index is 136. The molecule has 0 saturated heterocycles. The van der Waals surface area contributed by atoms with Gasteiger partial charge < -0.3 is 10.5 Å². The summed E-state index contributed by atoms with van der Waals surface area (Å²) in [6, 6.07) is 0. The van der Waals surface area contributed by atoms with Crippen molar-refractivity contribution in [2.45, 2.75) is 5.38 Å². The van der Waals surface area contributed by atoms with E-state index in [0.29, 0.717) is 0 Å². The molecule has 0 aromatic rings. The fourth-order valence-corrected chi connectivity index (χ4v) is 0.309. The number of methoxy groups -OCH3 is 1. The van der Waals surface area contributed by atoms with Crippen LogP contribution in [0.2, 0.25) is 0 Å². The zero-order valence-corrected chi connectivity index (χ0v) is 5.51. The van der Waals surface area contributed by atoms with Crippen LogP contribution in [-0.2, 0) is 14.3 Å². The molecule has 0 radical (unpaired) electrons. The van der Waals surface area contributed by atoms with Gasteiger partial charge in [0.15, 0.2) is 0 Å². The van der Waals surface area contributed by atoms with Gasteiger partial charge in [-0.3, -0.25) is 4.79 Å². The van der Waals surface area contributed by atoms with Crippen molar-refractivity contribution in [1.82, 2.24) is 0 Å². The van der Waals surface area contributed by atoms with Crippen LogP contribution >= 0.6 is 11.6 Å². The Hall–Kier alpha value is -0.770. The van der Waals surface area contributed by atoms with Gasteiger partial charge in [-0.1, -0.05) is 11.6 Å². The number of amides is 1. The molecule has 9 heavy (non-hydrogen) atoms. The number of carbonyl (C=O) groups excluding carboxylic acids is 2. The van der Waals surface area contributed by atoms with E-state index in [-0.39, 0.29) is 0 Å². The van der Waals surface area contributed by atoms with Crippen LogP contribution in [0, 0.1) is 0 Å². The molecule has 1 atom stereocenters. The maximum absolute atomic E-state index is 10.3. The summed E-state index contributed by atoms with van der Waals surface area (Å²) in [5.41, 5.74) is 4.64. The van der Waals surface area contributed by atoms with Crippen LogP contribution in [0.3, 0.4) is 0 Å². The van der Waals surface area contributed by atoms with Crippen LogP contribution in [0.5, 0.6) is 0 Å². The maximum atomic E-state index is 10.3. The van der Waals surface area contributed by atoms with Crippen molar-refractivity contribution < 1.29 is 14.3 Å². The van der Waals surface area contributed by atoms with Crippen LogP contribution in [0.15, 0.2) is 0 Å². The number of ether oxygens (including phenoxy) is 1. The van der Waals surface area contributed by atoms with Crippen molar-refractivity contribution >= 4 is 23.5 Å². The third kappa shape index (κ3) is 2.32. The van der Waals surface area contributed by atoms with E-state index in [1.54, 1.807) is 0 Å². The Morgan fingerprint density at radius 1 is 1.67 bits per heavy atom. The first-order valence-corrected chi connectivity index (χ1v) is 2.54. The van der Waals surface area contributed by atoms with E-state index in [1.165, 1.54) is 0 Å². The number of halogens is 1. The van der Waals surface area contributed by atoms with Crippen LogP contribution in [-0.4, -0.2) is 24.4 Å². The molecule has 0 rings (SSSR count). The third-order valence-electron chi connectivity index (χ3n) is 0.658. The van der Waals surface area contributed by atoms with Crippen LogP contribution in [0.25, 0.3) is 0 Å². The Kier molecular flexibility index (Phi) is 3.01. The van der Waals surface area contributed by atoms with E-state index in [0.717, 1.165) is 7.11 Å². The van der Waals surface area contributed by atoms with Crippen LogP contribution < -0.4 is 5.73 Å². The number of rotatable bonds is 2. The zero-order valence-electron chi connectivity index (χ0n) is 4.76. The summed E-state index contributed by atoms with van der Waals surface area (Å²) in [6.07, 6.45) is 0. The first-order valence-electron chi connectivity index (χ1n) is 2.10. The first kappa shape index (κ1) is 8.23. The second-order valence-corrected chi connectivity index (χ2v) is 1.72. The number of alkyl halides is 1. The Labute approximate surface area is 56.9 Å². The predicted octanol–water partition coefficient (Wildman–Crippen LogP) is -0.748. The van der Waals surface area contributed by atoms with Gasteiger partial charge in [0.1, 0.15) is 0 Å². The molecule has 0 aromatic heterocycles. The molecule has 52 valence electrons. The lowest BCUT2D eigenvalue weighted by Crippen LogP contribution is -2.31. The quantitative estimate of drug-likeness (QED) is 0.321. The highest BCUT2D eigenvalue weighted by atomic mass is 35.5. The maximum Gasteiger partial charge on any atom is 0.333 e. The topological polar surface area (TPSA) is 69.4 Å². The van der Waals surface area contributed by atoms with E-state index in [9.17, 15) is 9.59 Å². The minimum atomic E-state index is -1.37. The summed E-state index contributed by atoms with van der Waals surface area (Å²) in [6.45, 7) is 0. The number of primary amides is 1. The molecule has 0 fully saturated rings. The summed E-state index contributed by atoms with van der Waals surface area (Å²) < 4.78 is 4.10. The fourth-order valence-electron chi connectivity index (χ4n) is 0.220. The average molecular weight is 152 g/mol. The van der Waals surface area contributed by atoms with Gasteiger partial charge in [-0.2, -0.15) is 0 Å². The second kappa shape index (κ2) is 3.29. The molecular formula is C4H6ClNO3. The van der Waals surface area contributed by atoms with Crippen molar-refractivity contribution in [3.63, 3.8) is 0 Å². The zero-order chi connectivity index (χ0) is 7.44. The van der Waals surface area contributed by atoms with Gasteiger partial charge in [-0.05, 0) is 0 Å². The predicted molar refractivity (Wildman–Crippen MR) is 30.9 cm³/mol. The third-order valence-corrected chi connectivity index (χ3v) is 1.05. The number of hydrogen-bond donors (Lipinski definition) is 1. The summed E-state index contributed by atoms with van der Waals surface area (Å²) in [4.78, 5) is 20.4. The SMILES string of the molecule is COC(=O)C(Cl)C(N)=O. The smallest absolute Gasteiger partial charge is 0.333 e. The molecule has 2 N–H and O–H groups in total. The summed E-state index contributed by atoms with van der Waals surface area (Å²) in [5, 5.41) is -1.37. The van der Waals surface area contributed by atoms with Crippen LogP contribution in [0.4, 0.5) is 0 Å². The largest absolute Gasteiger partial charge is 0.468 e. The average Bonchev–Trinajstić information content (AvgIpc) is 1.84. The number of carbonyl (C=O) groups is 2. The molecule has 0 aliphatic heterocycles. The Morgan fingerprint density at radius 2 is 2.11 bits per heavy atom. The van der Waals surface area contributed by atoms with Gasteiger partial charge in [0.05, 0.1) is 7.11 Å². The van der Waals surface area contributed by atoms with Crippen LogP contribution in [0.1, 0.15) is 0 Å². The highest BCUT2D eigenvalue weighted by Gasteiger charge is 2.21. The summed E-state index contributed by atoms with van der Waals surface area (Å²) in [5.74, 6) is -1.73. The Balaban J connectivity index is 3.88. The normalized spacial score (nSPS) is 12.2. The van der Waals surface area contributed by atoms with Crippen molar-refractivity contribution in [2.75, 3.05) is 7.11 Å². The molecular weight excluding hydrogens is 146 g/mol. The Morgan fingerprint density at radius 3 is 2.22 bits per heavy atom. The number of nitrogens with two attached hydrogens (primary N) is 1. The lowest BCUT2D eigenvalue weighted by Gasteiger charge is -1.99. The van der Waals surface area contributed by atoms with Crippen molar-refractivity contribution in [1.29, 1.82) is 0 Å². The minimum Gasteiger partial charge on any atom is -0.468 e. The minimum absolute atomic E-state index is 0.829. The van der Waals surface area contributed by atoms with Gasteiger partial charge in [-0.15, -0.1) is 0 Å². The molecule has 0 spiro atoms. The number of hydrogen-bond acceptors (Lipinski definition) is 3. The van der Waals surface area contributed by atoms with Gasteiger partial charge in [-0.25, -0.2) is 4.79 Å². The summed E-state index contributed by atoms with van der Waals surface area (Å²) >= 11 is 5.12. The van der Waals surface area contributed by atoms with Crippen molar-refractivity contribution in [2.24, 2.45) is 5.73 Å². The monoisotopic (exact) mass is 151 g/mol. The second-order valence-electron chi connectivity index (χ2n) is 1.29. The molecule has 0 aromatic carbocycles. The lowest BCUT2D eigenvalue weighted by atomic mass is 10.4. The molecule has 0 aliphatic carbocycles. The van der Waals surface area contributed by atoms with Gasteiger partial charge in [0.25, 0.3) is 0 Å². The molecule has 5 heteroatoms. The van der Waals surface area contributed by atoms with Gasteiger partial charge in [0.2, 0.25) is 11.3 Å². The van der Waals surface area contributed by atoms with Crippen molar-refractivity contribution in [3.8, 4) is 0 Å². The molecule has 0 bridgehead atoms. The van der Waals surface area contributed by atoms with E-state index in [4.69, 9.17) is 11.6 Å². The van der Waals surface area contributed by atoms with E-state index in [1.807, 2.05) is 0 Å². The van der Waals surface area contributed by atoms with E-state index >= 15 is 0 Å². The number of esters is 1. The molecule has 1 unspecified atom stereocenters. The van der Waals surface area contributed by atoms with E-state index < -0.39 is 17.3 Å². The van der Waals surface area contributed by atoms with Crippen molar-refractivity contribution in [3.05, 3.63) is 0 Å².